The number of methoxy groups -OCH3 is 1. The lowest BCUT2D eigenvalue weighted by Gasteiger charge is -2.09. The fourth-order valence-corrected chi connectivity index (χ4v) is 0.584. The number of esters is 1. The van der Waals surface area contributed by atoms with Gasteiger partial charge in [-0.25, -0.2) is 0 Å². The highest BCUT2D eigenvalue weighted by molar-refractivity contribution is 5.85. The maximum absolute atomic E-state index is 9.96. The van der Waals surface area contributed by atoms with Crippen LogP contribution in [0.1, 0.15) is 13.3 Å². The summed E-state index contributed by atoms with van der Waals surface area (Å²) in [6.07, 6.45) is 0.469. The zero-order valence-corrected chi connectivity index (χ0v) is 8.89. The molecule has 0 aromatic heterocycles. The van der Waals surface area contributed by atoms with E-state index in [0.29, 0.717) is 6.42 Å². The summed E-state index contributed by atoms with van der Waals surface area (Å²) in [6, 6.07) is 0. The molecule has 1 saturated heterocycles. The van der Waals surface area contributed by atoms with Crippen molar-refractivity contribution < 1.29 is 19.0 Å². The van der Waals surface area contributed by atoms with E-state index in [4.69, 9.17) is 9.47 Å². The number of carbonyl (C=O) groups is 1. The lowest BCUT2D eigenvalue weighted by atomic mass is 10.5. The van der Waals surface area contributed by atoms with E-state index in [1.165, 1.54) is 7.11 Å². The van der Waals surface area contributed by atoms with Crippen LogP contribution in [0.25, 0.3) is 0 Å². The third-order valence-corrected chi connectivity index (χ3v) is 1.26. The second kappa shape index (κ2) is 11.7. The summed E-state index contributed by atoms with van der Waals surface area (Å²) in [6.45, 7) is 4.87. The average molecular weight is 213 g/mol. The topological polar surface area (TPSA) is 44.8 Å². The Morgan fingerprint density at radius 2 is 1.62 bits per heavy atom. The van der Waals surface area contributed by atoms with Crippen molar-refractivity contribution in [2.24, 2.45) is 0 Å². The first-order chi connectivity index (χ1) is 5.81. The number of rotatable bonds is 1. The average Bonchev–Trinajstić information content (AvgIpc) is 2.20. The molecule has 1 heterocycles. The highest BCUT2D eigenvalue weighted by Crippen LogP contribution is 1.85. The summed E-state index contributed by atoms with van der Waals surface area (Å²) in [4.78, 5) is 9.96. The Bertz CT molecular complexity index is 97.2. The number of halogens is 1. The van der Waals surface area contributed by atoms with Gasteiger partial charge in [-0.3, -0.25) is 4.79 Å². The molecule has 0 amide bonds. The minimum absolute atomic E-state index is 0. The van der Waals surface area contributed by atoms with Crippen LogP contribution < -0.4 is 0 Å². The second-order valence-corrected chi connectivity index (χ2v) is 2.15. The highest BCUT2D eigenvalue weighted by Gasteiger charge is 1.94. The smallest absolute Gasteiger partial charge is 0.305 e. The van der Waals surface area contributed by atoms with E-state index in [9.17, 15) is 4.79 Å². The van der Waals surface area contributed by atoms with Crippen molar-refractivity contribution in [3.63, 3.8) is 0 Å². The van der Waals surface area contributed by atoms with Crippen LogP contribution >= 0.6 is 12.4 Å². The Kier molecular flexibility index (Phi) is 13.6. The van der Waals surface area contributed by atoms with Gasteiger partial charge in [0.15, 0.2) is 0 Å². The van der Waals surface area contributed by atoms with E-state index in [0.717, 1.165) is 26.4 Å². The number of carbonyl (C=O) groups excluding carboxylic acids is 1. The van der Waals surface area contributed by atoms with Gasteiger partial charge in [0.25, 0.3) is 0 Å². The predicted molar refractivity (Wildman–Crippen MR) is 51.2 cm³/mol. The summed E-state index contributed by atoms with van der Waals surface area (Å²) in [7, 11) is 1.38. The van der Waals surface area contributed by atoms with Crippen molar-refractivity contribution in [2.45, 2.75) is 13.3 Å². The minimum Gasteiger partial charge on any atom is -0.469 e. The molecule has 13 heavy (non-hydrogen) atoms. The number of ether oxygens (including phenoxy) is 3. The van der Waals surface area contributed by atoms with Crippen molar-refractivity contribution in [1.29, 1.82) is 0 Å². The first-order valence-corrected chi connectivity index (χ1v) is 4.03. The first kappa shape index (κ1) is 15.2. The highest BCUT2D eigenvalue weighted by atomic mass is 35.5. The molecule has 0 saturated carbocycles. The van der Waals surface area contributed by atoms with Crippen LogP contribution in [0.3, 0.4) is 0 Å². The fraction of sp³-hybridized carbons (Fsp3) is 0.875. The van der Waals surface area contributed by atoms with Crippen molar-refractivity contribution in [3.8, 4) is 0 Å². The maximum atomic E-state index is 9.96. The molecule has 0 aliphatic carbocycles. The van der Waals surface area contributed by atoms with Gasteiger partial charge >= 0.3 is 5.97 Å². The molecular weight excluding hydrogens is 196 g/mol. The molecule has 0 spiro atoms. The van der Waals surface area contributed by atoms with Gasteiger partial charge in [0.05, 0.1) is 33.5 Å². The molecule has 80 valence electrons. The summed E-state index contributed by atoms with van der Waals surface area (Å²) >= 11 is 0. The molecule has 4 nitrogen and oxygen atoms in total. The zero-order valence-electron chi connectivity index (χ0n) is 8.08. The van der Waals surface area contributed by atoms with Crippen molar-refractivity contribution in [3.05, 3.63) is 0 Å². The SMILES string of the molecule is C1COCCO1.CCC(=O)OC.Cl. The predicted octanol–water partition coefficient (Wildman–Crippen LogP) is 1.02. The quantitative estimate of drug-likeness (QED) is 0.609. The van der Waals surface area contributed by atoms with Crippen LogP contribution in [0.15, 0.2) is 0 Å². The van der Waals surface area contributed by atoms with E-state index in [-0.39, 0.29) is 18.4 Å². The molecule has 0 aromatic rings. The van der Waals surface area contributed by atoms with Gasteiger partial charge in [0, 0.05) is 6.42 Å². The fourth-order valence-electron chi connectivity index (χ4n) is 0.584. The van der Waals surface area contributed by atoms with Crippen LogP contribution in [0, 0.1) is 0 Å². The molecule has 5 heteroatoms. The third kappa shape index (κ3) is 11.7. The van der Waals surface area contributed by atoms with Gasteiger partial charge in [-0.1, -0.05) is 6.92 Å². The molecule has 0 aromatic carbocycles. The molecule has 0 unspecified atom stereocenters. The standard InChI is InChI=1S/2C4H8O2.ClH/c1-2-6-4-3-5-1;1-3-4(5)6-2;/h1-4H2;3H2,1-2H3;1H. The lowest BCUT2D eigenvalue weighted by molar-refractivity contribution is -0.140. The Morgan fingerprint density at radius 3 is 1.69 bits per heavy atom. The van der Waals surface area contributed by atoms with Gasteiger partial charge < -0.3 is 14.2 Å². The van der Waals surface area contributed by atoms with Crippen molar-refractivity contribution in [1.82, 2.24) is 0 Å². The lowest BCUT2D eigenvalue weighted by Crippen LogP contribution is -2.16. The molecule has 1 fully saturated rings. The zero-order chi connectivity index (χ0) is 9.23. The van der Waals surface area contributed by atoms with Crippen LogP contribution in [0.5, 0.6) is 0 Å². The Balaban J connectivity index is 0. The Morgan fingerprint density at radius 1 is 1.23 bits per heavy atom. The van der Waals surface area contributed by atoms with Crippen molar-refractivity contribution in [2.75, 3.05) is 33.5 Å². The molecule has 0 bridgehead atoms. The van der Waals surface area contributed by atoms with Crippen LogP contribution in [0.2, 0.25) is 0 Å². The van der Waals surface area contributed by atoms with Gasteiger partial charge in [-0.2, -0.15) is 0 Å². The van der Waals surface area contributed by atoms with Crippen molar-refractivity contribution >= 4 is 18.4 Å². The van der Waals surface area contributed by atoms with E-state index >= 15 is 0 Å². The van der Waals surface area contributed by atoms with Crippen LogP contribution in [-0.4, -0.2) is 39.5 Å². The molecule has 1 aliphatic heterocycles. The van der Waals surface area contributed by atoms with Gasteiger partial charge in [-0.05, 0) is 0 Å². The molecule has 1 aliphatic rings. The summed E-state index contributed by atoms with van der Waals surface area (Å²) < 4.78 is 14.1. The summed E-state index contributed by atoms with van der Waals surface area (Å²) in [5, 5.41) is 0. The molecule has 1 rings (SSSR count). The van der Waals surface area contributed by atoms with Gasteiger partial charge in [-0.15, -0.1) is 12.4 Å². The number of hydrogen-bond donors (Lipinski definition) is 0. The van der Waals surface area contributed by atoms with E-state index < -0.39 is 0 Å². The molecular formula is C8H17ClO4. The first-order valence-electron chi connectivity index (χ1n) is 4.03. The summed E-state index contributed by atoms with van der Waals surface area (Å²) in [5.41, 5.74) is 0. The number of hydrogen-bond acceptors (Lipinski definition) is 4. The van der Waals surface area contributed by atoms with E-state index in [2.05, 4.69) is 4.74 Å². The maximum Gasteiger partial charge on any atom is 0.305 e. The van der Waals surface area contributed by atoms with Gasteiger partial charge in [0.1, 0.15) is 0 Å². The third-order valence-electron chi connectivity index (χ3n) is 1.26. The summed E-state index contributed by atoms with van der Waals surface area (Å²) in [5.74, 6) is -0.157. The van der Waals surface area contributed by atoms with Crippen LogP contribution in [0.4, 0.5) is 0 Å². The van der Waals surface area contributed by atoms with E-state index in [1.54, 1.807) is 6.92 Å². The normalized spacial score (nSPS) is 14.6. The van der Waals surface area contributed by atoms with Crippen LogP contribution in [-0.2, 0) is 19.0 Å². The second-order valence-electron chi connectivity index (χ2n) is 2.15. The largest absolute Gasteiger partial charge is 0.469 e. The monoisotopic (exact) mass is 212 g/mol. The molecule has 0 N–H and O–H groups in total. The molecule has 0 radical (unpaired) electrons. The Labute approximate surface area is 84.9 Å². The van der Waals surface area contributed by atoms with Gasteiger partial charge in [0.2, 0.25) is 0 Å². The van der Waals surface area contributed by atoms with E-state index in [1.807, 2.05) is 0 Å². The Hall–Kier alpha value is -0.320. The minimum atomic E-state index is -0.157. The molecule has 0 atom stereocenters.